The fourth-order valence-electron chi connectivity index (χ4n) is 4.14. The van der Waals surface area contributed by atoms with Gasteiger partial charge in [-0.25, -0.2) is 31.9 Å². The minimum atomic E-state index is -3.75. The Balaban J connectivity index is 1.55. The molecule has 0 amide bonds. The van der Waals surface area contributed by atoms with Gasteiger partial charge in [-0.2, -0.15) is 0 Å². The van der Waals surface area contributed by atoms with Crippen LogP contribution in [0, 0.1) is 5.92 Å². The Bertz CT molecular complexity index is 1100. The van der Waals surface area contributed by atoms with Crippen molar-refractivity contribution in [1.82, 2.24) is 24.1 Å². The summed E-state index contributed by atoms with van der Waals surface area (Å²) in [6, 6.07) is 1.66. The molecule has 152 valence electrons. The first-order valence-electron chi connectivity index (χ1n) is 9.30. The Morgan fingerprint density at radius 1 is 1.32 bits per heavy atom. The number of hydrogen-bond donors (Lipinski definition) is 2. The summed E-state index contributed by atoms with van der Waals surface area (Å²) in [6.45, 7) is 2.81. The van der Waals surface area contributed by atoms with E-state index in [0.717, 1.165) is 29.4 Å². The zero-order chi connectivity index (χ0) is 20.1. The highest BCUT2D eigenvalue weighted by atomic mass is 32.2. The minimum Gasteiger partial charge on any atom is -0.345 e. The van der Waals surface area contributed by atoms with Crippen LogP contribution in [0.25, 0.3) is 16.8 Å². The second-order valence-corrected chi connectivity index (χ2v) is 9.73. The van der Waals surface area contributed by atoms with Crippen molar-refractivity contribution in [3.8, 4) is 0 Å². The van der Waals surface area contributed by atoms with Crippen LogP contribution in [-0.2, 0) is 10.0 Å². The molecule has 3 aromatic heterocycles. The van der Waals surface area contributed by atoms with Gasteiger partial charge in [0.25, 0.3) is 0 Å². The molecule has 1 aliphatic carbocycles. The maximum atomic E-state index is 13.0. The van der Waals surface area contributed by atoms with Gasteiger partial charge in [-0.3, -0.25) is 4.40 Å². The molecule has 0 unspecified atom stereocenters. The number of nitrogens with zero attached hydrogens (tertiary/aromatic N) is 3. The Morgan fingerprint density at radius 3 is 2.86 bits per heavy atom. The quantitative estimate of drug-likeness (QED) is 0.652. The number of aromatic nitrogens is 4. The molecular weight excluding hydrogens is 388 g/mol. The molecule has 1 saturated carbocycles. The van der Waals surface area contributed by atoms with E-state index in [1.54, 1.807) is 6.20 Å². The van der Waals surface area contributed by atoms with Crippen LogP contribution in [0.2, 0.25) is 0 Å². The van der Waals surface area contributed by atoms with E-state index in [2.05, 4.69) is 31.0 Å². The van der Waals surface area contributed by atoms with Gasteiger partial charge in [0.1, 0.15) is 0 Å². The third-order valence-electron chi connectivity index (χ3n) is 5.49. The summed E-state index contributed by atoms with van der Waals surface area (Å²) in [5.74, 6) is -3.23. The Labute approximate surface area is 161 Å². The van der Waals surface area contributed by atoms with E-state index in [9.17, 15) is 17.2 Å². The highest BCUT2D eigenvalue weighted by Crippen LogP contribution is 2.40. The second-order valence-electron chi connectivity index (χ2n) is 7.86. The van der Waals surface area contributed by atoms with Crippen molar-refractivity contribution in [3.05, 3.63) is 30.4 Å². The predicted molar refractivity (Wildman–Crippen MR) is 102 cm³/mol. The van der Waals surface area contributed by atoms with Crippen molar-refractivity contribution in [2.45, 2.75) is 51.0 Å². The number of halogens is 2. The Morgan fingerprint density at radius 2 is 2.11 bits per heavy atom. The summed E-state index contributed by atoms with van der Waals surface area (Å²) < 4.78 is 55.1. The van der Waals surface area contributed by atoms with E-state index < -0.39 is 28.1 Å². The zero-order valence-corrected chi connectivity index (χ0v) is 16.5. The molecule has 1 aliphatic rings. The first-order chi connectivity index (χ1) is 13.1. The fraction of sp³-hybridized carbons (Fsp3) is 0.556. The molecule has 0 saturated heterocycles. The number of hydrogen-bond acceptors (Lipinski definition) is 4. The van der Waals surface area contributed by atoms with E-state index in [-0.39, 0.29) is 17.9 Å². The third kappa shape index (κ3) is 3.75. The molecule has 10 heteroatoms. The van der Waals surface area contributed by atoms with Gasteiger partial charge in [-0.05, 0) is 31.7 Å². The van der Waals surface area contributed by atoms with Gasteiger partial charge < -0.3 is 4.98 Å². The van der Waals surface area contributed by atoms with Crippen LogP contribution < -0.4 is 4.72 Å². The van der Waals surface area contributed by atoms with Crippen LogP contribution in [0.1, 0.15) is 44.7 Å². The van der Waals surface area contributed by atoms with Crippen molar-refractivity contribution in [2.75, 3.05) is 5.75 Å². The molecule has 3 atom stereocenters. The summed E-state index contributed by atoms with van der Waals surface area (Å²) >= 11 is 0. The van der Waals surface area contributed by atoms with Gasteiger partial charge in [-0.1, -0.05) is 6.92 Å². The molecule has 0 bridgehead atoms. The summed E-state index contributed by atoms with van der Waals surface area (Å²) in [7, 11) is -3.75. The maximum absolute atomic E-state index is 13.0. The normalized spacial score (nSPS) is 23.8. The first kappa shape index (κ1) is 19.3. The van der Waals surface area contributed by atoms with Crippen molar-refractivity contribution in [2.24, 2.45) is 5.92 Å². The number of imidazole rings is 1. The van der Waals surface area contributed by atoms with Crippen molar-refractivity contribution in [3.63, 3.8) is 0 Å². The number of alkyl halides is 2. The number of rotatable bonds is 6. The predicted octanol–water partition coefficient (Wildman–Crippen LogP) is 3.06. The molecule has 7 nitrogen and oxygen atoms in total. The molecule has 2 N–H and O–H groups in total. The summed E-state index contributed by atoms with van der Waals surface area (Å²) in [6.07, 6.45) is 5.91. The van der Waals surface area contributed by atoms with Crippen molar-refractivity contribution < 1.29 is 17.2 Å². The number of H-pyrrole nitrogens is 1. The van der Waals surface area contributed by atoms with Crippen LogP contribution in [0.3, 0.4) is 0 Å². The topological polar surface area (TPSA) is 92.2 Å². The van der Waals surface area contributed by atoms with Gasteiger partial charge in [0.05, 0.1) is 17.5 Å². The molecular formula is C18H23F2N5O2S. The molecule has 3 heterocycles. The summed E-state index contributed by atoms with van der Waals surface area (Å²) in [5, 5.41) is 0. The van der Waals surface area contributed by atoms with E-state index in [0.29, 0.717) is 12.8 Å². The third-order valence-corrected chi connectivity index (χ3v) is 6.92. The SMILES string of the molecule is C[C@H]1C[C@@H](NS(=O)(=O)CCC(C)(F)F)C[C@@H]1c1cnc2cnc3[nH]ccc3n12. The number of aromatic amines is 1. The number of fused-ring (bicyclic) bond motifs is 3. The monoisotopic (exact) mass is 411 g/mol. The van der Waals surface area contributed by atoms with Crippen molar-refractivity contribution >= 4 is 26.8 Å². The van der Waals surface area contributed by atoms with Gasteiger partial charge in [-0.15, -0.1) is 0 Å². The molecule has 0 radical (unpaired) electrons. The standard InChI is InChI=1S/C18H23F2N5O2S/c1-11-7-12(24-28(26,27)6-4-18(2,19)20)8-13(11)15-9-22-16-10-23-17-14(25(15)16)3-5-21-17/h3,5,9-13,21,24H,4,6-8H2,1-2H3/t11-,12+,13-/m0/s1. The van der Waals surface area contributed by atoms with Gasteiger partial charge in [0.15, 0.2) is 11.3 Å². The highest BCUT2D eigenvalue weighted by Gasteiger charge is 2.36. The Hall–Kier alpha value is -2.07. The molecule has 1 fully saturated rings. The van der Waals surface area contributed by atoms with E-state index in [1.165, 1.54) is 0 Å². The Kier molecular flexibility index (Phi) is 4.65. The van der Waals surface area contributed by atoms with Crippen LogP contribution >= 0.6 is 0 Å². The number of sulfonamides is 1. The first-order valence-corrected chi connectivity index (χ1v) is 11.0. The summed E-state index contributed by atoms with van der Waals surface area (Å²) in [4.78, 5) is 11.9. The zero-order valence-electron chi connectivity index (χ0n) is 15.7. The molecule has 0 spiro atoms. The van der Waals surface area contributed by atoms with Crippen LogP contribution in [0.4, 0.5) is 8.78 Å². The van der Waals surface area contributed by atoms with Crippen molar-refractivity contribution in [1.29, 1.82) is 0 Å². The lowest BCUT2D eigenvalue weighted by atomic mass is 9.95. The molecule has 0 aromatic carbocycles. The molecule has 3 aromatic rings. The maximum Gasteiger partial charge on any atom is 0.246 e. The van der Waals surface area contributed by atoms with Crippen LogP contribution in [0.5, 0.6) is 0 Å². The molecule has 28 heavy (non-hydrogen) atoms. The number of nitrogens with one attached hydrogen (secondary N) is 2. The van der Waals surface area contributed by atoms with Crippen LogP contribution in [-0.4, -0.2) is 45.5 Å². The smallest absolute Gasteiger partial charge is 0.246 e. The van der Waals surface area contributed by atoms with E-state index in [1.807, 2.05) is 18.5 Å². The van der Waals surface area contributed by atoms with Crippen LogP contribution in [0.15, 0.2) is 24.7 Å². The average molecular weight is 411 g/mol. The van der Waals surface area contributed by atoms with E-state index in [4.69, 9.17) is 0 Å². The lowest BCUT2D eigenvalue weighted by molar-refractivity contribution is 0.0188. The molecule has 4 rings (SSSR count). The summed E-state index contributed by atoms with van der Waals surface area (Å²) in [5.41, 5.74) is 3.43. The van der Waals surface area contributed by atoms with Gasteiger partial charge in [0, 0.05) is 36.5 Å². The average Bonchev–Trinajstić information content (AvgIpc) is 3.29. The fourth-order valence-corrected chi connectivity index (χ4v) is 5.58. The lowest BCUT2D eigenvalue weighted by Gasteiger charge is -2.16. The lowest BCUT2D eigenvalue weighted by Crippen LogP contribution is -2.36. The van der Waals surface area contributed by atoms with Gasteiger partial charge >= 0.3 is 0 Å². The largest absolute Gasteiger partial charge is 0.345 e. The van der Waals surface area contributed by atoms with Gasteiger partial charge in [0.2, 0.25) is 15.9 Å². The van der Waals surface area contributed by atoms with E-state index >= 15 is 0 Å². The highest BCUT2D eigenvalue weighted by molar-refractivity contribution is 7.89. The minimum absolute atomic E-state index is 0.107. The second kappa shape index (κ2) is 6.77. The molecule has 0 aliphatic heterocycles.